The summed E-state index contributed by atoms with van der Waals surface area (Å²) in [5.41, 5.74) is 4.29. The van der Waals surface area contributed by atoms with Crippen molar-refractivity contribution in [1.29, 1.82) is 0 Å². The van der Waals surface area contributed by atoms with Gasteiger partial charge in [0.05, 0.1) is 6.42 Å². The largest absolute Gasteiger partial charge is 0.485 e. The summed E-state index contributed by atoms with van der Waals surface area (Å²) in [6, 6.07) is 12.0. The predicted molar refractivity (Wildman–Crippen MR) is 88.4 cm³/mol. The highest BCUT2D eigenvalue weighted by atomic mass is 79.9. The molecule has 0 aliphatic heterocycles. The number of carbonyl (C=O) groups is 1. The maximum Gasteiger partial charge on any atom is 0.307 e. The number of hydrogen-bond acceptors (Lipinski definition) is 2. The molecule has 0 saturated heterocycles. The van der Waals surface area contributed by atoms with Crippen molar-refractivity contribution >= 4 is 21.9 Å². The minimum atomic E-state index is -0.844. The first-order valence-corrected chi connectivity index (χ1v) is 8.08. The molecule has 0 radical (unpaired) electrons. The zero-order valence-electron chi connectivity index (χ0n) is 12.3. The van der Waals surface area contributed by atoms with Gasteiger partial charge >= 0.3 is 5.97 Å². The Morgan fingerprint density at radius 2 is 2.14 bits per heavy atom. The Morgan fingerprint density at radius 1 is 1.32 bits per heavy atom. The van der Waals surface area contributed by atoms with Gasteiger partial charge in [-0.3, -0.25) is 4.79 Å². The number of halogens is 1. The minimum Gasteiger partial charge on any atom is -0.485 e. The Bertz CT molecular complexity index is 724. The van der Waals surface area contributed by atoms with Gasteiger partial charge in [0.1, 0.15) is 11.9 Å². The molecular formula is C18H17BrO3. The second-order valence-corrected chi connectivity index (χ2v) is 6.59. The number of carboxylic acid groups (broad SMARTS) is 1. The number of rotatable bonds is 4. The normalized spacial score (nSPS) is 16.4. The van der Waals surface area contributed by atoms with Crippen LogP contribution in [0.4, 0.5) is 0 Å². The monoisotopic (exact) mass is 360 g/mol. The number of fused-ring (bicyclic) bond motifs is 1. The number of carboxylic acids is 1. The van der Waals surface area contributed by atoms with Crippen molar-refractivity contribution in [1.82, 2.24) is 0 Å². The van der Waals surface area contributed by atoms with Crippen molar-refractivity contribution in [2.45, 2.75) is 32.3 Å². The first-order chi connectivity index (χ1) is 10.5. The molecule has 1 N–H and O–H groups in total. The summed E-state index contributed by atoms with van der Waals surface area (Å²) >= 11 is 3.50. The van der Waals surface area contributed by atoms with E-state index in [1.54, 1.807) is 0 Å². The van der Waals surface area contributed by atoms with Gasteiger partial charge in [-0.15, -0.1) is 0 Å². The first kappa shape index (κ1) is 15.1. The van der Waals surface area contributed by atoms with Crippen LogP contribution in [0.1, 0.15) is 34.8 Å². The molecule has 0 bridgehead atoms. The Labute approximate surface area is 138 Å². The second kappa shape index (κ2) is 6.13. The molecule has 3 rings (SSSR count). The highest BCUT2D eigenvalue weighted by Gasteiger charge is 2.25. The van der Waals surface area contributed by atoms with Crippen molar-refractivity contribution < 1.29 is 14.6 Å². The standard InChI is InChI=1S/C18H17BrO3/c1-11-2-3-13(9-18(20)21)17(8-11)22-16-7-5-12-4-6-14(19)10-15(12)16/h2-4,6,8,10,16H,5,7,9H2,1H3,(H,20,21). The van der Waals surface area contributed by atoms with E-state index in [1.807, 2.05) is 31.2 Å². The van der Waals surface area contributed by atoms with Gasteiger partial charge in [0.2, 0.25) is 0 Å². The van der Waals surface area contributed by atoms with Crippen molar-refractivity contribution in [3.05, 3.63) is 63.1 Å². The average Bonchev–Trinajstić information content (AvgIpc) is 2.84. The van der Waals surface area contributed by atoms with Gasteiger partial charge in [0, 0.05) is 10.0 Å². The number of benzene rings is 2. The smallest absolute Gasteiger partial charge is 0.307 e. The Morgan fingerprint density at radius 3 is 2.91 bits per heavy atom. The molecule has 0 fully saturated rings. The third-order valence-corrected chi connectivity index (χ3v) is 4.46. The van der Waals surface area contributed by atoms with E-state index < -0.39 is 5.97 Å². The molecule has 2 aromatic rings. The summed E-state index contributed by atoms with van der Waals surface area (Å²) in [6.45, 7) is 1.98. The molecule has 1 atom stereocenters. The molecule has 0 amide bonds. The van der Waals surface area contributed by atoms with E-state index in [-0.39, 0.29) is 12.5 Å². The zero-order chi connectivity index (χ0) is 15.7. The van der Waals surface area contributed by atoms with Gasteiger partial charge < -0.3 is 9.84 Å². The van der Waals surface area contributed by atoms with Crippen LogP contribution in [-0.4, -0.2) is 11.1 Å². The lowest BCUT2D eigenvalue weighted by Gasteiger charge is -2.18. The average molecular weight is 361 g/mol. The fraction of sp³-hybridized carbons (Fsp3) is 0.278. The lowest BCUT2D eigenvalue weighted by molar-refractivity contribution is -0.136. The lowest BCUT2D eigenvalue weighted by Crippen LogP contribution is -2.08. The van der Waals surface area contributed by atoms with Crippen molar-refractivity contribution in [3.63, 3.8) is 0 Å². The van der Waals surface area contributed by atoms with E-state index in [4.69, 9.17) is 9.84 Å². The summed E-state index contributed by atoms with van der Waals surface area (Å²) in [5.74, 6) is -0.163. The molecule has 114 valence electrons. The third kappa shape index (κ3) is 3.17. The summed E-state index contributed by atoms with van der Waals surface area (Å²) in [5, 5.41) is 9.05. The van der Waals surface area contributed by atoms with Crippen LogP contribution < -0.4 is 4.74 Å². The number of hydrogen-bond donors (Lipinski definition) is 1. The molecule has 0 aromatic heterocycles. The molecule has 0 saturated carbocycles. The third-order valence-electron chi connectivity index (χ3n) is 3.96. The highest BCUT2D eigenvalue weighted by molar-refractivity contribution is 9.10. The first-order valence-electron chi connectivity index (χ1n) is 7.29. The second-order valence-electron chi connectivity index (χ2n) is 5.67. The van der Waals surface area contributed by atoms with Crippen LogP contribution in [0.5, 0.6) is 5.75 Å². The molecule has 3 nitrogen and oxygen atoms in total. The lowest BCUT2D eigenvalue weighted by atomic mass is 10.1. The van der Waals surface area contributed by atoms with Crippen molar-refractivity contribution in [2.24, 2.45) is 0 Å². The van der Waals surface area contributed by atoms with Crippen LogP contribution in [0.25, 0.3) is 0 Å². The van der Waals surface area contributed by atoms with E-state index in [9.17, 15) is 4.79 Å². The fourth-order valence-corrected chi connectivity index (χ4v) is 3.27. The summed E-state index contributed by atoms with van der Waals surface area (Å²) in [7, 11) is 0. The van der Waals surface area contributed by atoms with Crippen LogP contribution in [0.15, 0.2) is 40.9 Å². The molecule has 1 aliphatic rings. The molecule has 2 aromatic carbocycles. The number of aryl methyl sites for hydroxylation is 2. The Hall–Kier alpha value is -1.81. The molecule has 4 heteroatoms. The maximum atomic E-state index is 11.0. The van der Waals surface area contributed by atoms with Crippen LogP contribution in [0.3, 0.4) is 0 Å². The van der Waals surface area contributed by atoms with Crippen LogP contribution in [-0.2, 0) is 17.6 Å². The van der Waals surface area contributed by atoms with Gasteiger partial charge in [-0.1, -0.05) is 34.1 Å². The molecular weight excluding hydrogens is 344 g/mol. The van der Waals surface area contributed by atoms with Gasteiger partial charge in [-0.05, 0) is 54.7 Å². The number of aliphatic carboxylic acids is 1. The molecule has 22 heavy (non-hydrogen) atoms. The van der Waals surface area contributed by atoms with Crippen LogP contribution in [0.2, 0.25) is 0 Å². The quantitative estimate of drug-likeness (QED) is 0.875. The van der Waals surface area contributed by atoms with Gasteiger partial charge in [0.25, 0.3) is 0 Å². The van der Waals surface area contributed by atoms with Crippen molar-refractivity contribution in [2.75, 3.05) is 0 Å². The predicted octanol–water partition coefficient (Wildman–Crippen LogP) is 4.45. The van der Waals surface area contributed by atoms with E-state index in [0.29, 0.717) is 5.75 Å². The Kier molecular flexibility index (Phi) is 4.21. The molecule has 1 aliphatic carbocycles. The van der Waals surface area contributed by atoms with Crippen LogP contribution >= 0.6 is 15.9 Å². The van der Waals surface area contributed by atoms with Gasteiger partial charge in [0.15, 0.2) is 0 Å². The maximum absolute atomic E-state index is 11.0. The SMILES string of the molecule is Cc1ccc(CC(=O)O)c(OC2CCc3ccc(Br)cc32)c1. The fourth-order valence-electron chi connectivity index (χ4n) is 2.89. The highest BCUT2D eigenvalue weighted by Crippen LogP contribution is 2.37. The van der Waals surface area contributed by atoms with E-state index in [2.05, 4.69) is 28.1 Å². The minimum absolute atomic E-state index is 0.0122. The molecule has 0 heterocycles. The van der Waals surface area contributed by atoms with Gasteiger partial charge in [-0.25, -0.2) is 0 Å². The topological polar surface area (TPSA) is 46.5 Å². The zero-order valence-corrected chi connectivity index (χ0v) is 13.9. The molecule has 1 unspecified atom stereocenters. The van der Waals surface area contributed by atoms with Gasteiger partial charge in [-0.2, -0.15) is 0 Å². The molecule has 0 spiro atoms. The summed E-state index contributed by atoms with van der Waals surface area (Å²) < 4.78 is 7.22. The van der Waals surface area contributed by atoms with Crippen molar-refractivity contribution in [3.8, 4) is 5.75 Å². The Balaban J connectivity index is 1.90. The van der Waals surface area contributed by atoms with E-state index >= 15 is 0 Å². The van der Waals surface area contributed by atoms with E-state index in [1.165, 1.54) is 11.1 Å². The number of ether oxygens (including phenoxy) is 1. The summed E-state index contributed by atoms with van der Waals surface area (Å²) in [4.78, 5) is 11.0. The van der Waals surface area contributed by atoms with E-state index in [0.717, 1.165) is 28.4 Å². The summed E-state index contributed by atoms with van der Waals surface area (Å²) in [6.07, 6.45) is 1.88. The van der Waals surface area contributed by atoms with Crippen LogP contribution in [0, 0.1) is 6.92 Å².